The number of aliphatic carboxylic acids is 1. The normalized spacial score (nSPS) is 12.9. The minimum Gasteiger partial charge on any atom is -0.480 e. The molecule has 1 atom stereocenters. The third-order valence-corrected chi connectivity index (χ3v) is 4.05. The molecule has 0 spiro atoms. The van der Waals surface area contributed by atoms with Crippen molar-refractivity contribution in [2.24, 2.45) is 5.73 Å². The lowest BCUT2D eigenvalue weighted by atomic mass is 10.2. The number of carboxylic acid groups (broad SMARTS) is 1. The Morgan fingerprint density at radius 3 is 2.55 bits per heavy atom. The zero-order valence-corrected chi connectivity index (χ0v) is 11.3. The van der Waals surface area contributed by atoms with E-state index in [0.717, 1.165) is 12.1 Å². The molecule has 110 valence electrons. The fraction of sp³-hybridized carbons (Fsp3) is 0.273. The molecule has 0 heterocycles. The van der Waals surface area contributed by atoms with Crippen molar-refractivity contribution in [1.29, 1.82) is 0 Å². The number of hydrogen-bond acceptors (Lipinski definition) is 4. The highest BCUT2D eigenvalue weighted by molar-refractivity contribution is 7.89. The molecule has 1 aromatic carbocycles. The maximum absolute atomic E-state index is 13.1. The van der Waals surface area contributed by atoms with Gasteiger partial charge < -0.3 is 10.8 Å². The summed E-state index contributed by atoms with van der Waals surface area (Å²) >= 11 is 0. The molecule has 1 rings (SSSR count). The SMILES string of the molecule is Cc1ccc(F)cc1S(=O)(=O)N[C@@H](CC(N)=O)C(=O)O. The number of carbonyl (C=O) groups excluding carboxylic acids is 1. The number of carboxylic acids is 1. The number of carbonyl (C=O) groups is 2. The molecule has 0 aromatic heterocycles. The smallest absolute Gasteiger partial charge is 0.322 e. The highest BCUT2D eigenvalue weighted by atomic mass is 32.2. The summed E-state index contributed by atoms with van der Waals surface area (Å²) in [5.74, 6) is -3.31. The van der Waals surface area contributed by atoms with Gasteiger partial charge in [-0.1, -0.05) is 6.07 Å². The standard InChI is InChI=1S/C11H13FN2O5S/c1-6-2-3-7(12)4-9(6)20(18,19)14-8(11(16)17)5-10(13)15/h2-4,8,14H,5H2,1H3,(H2,13,15)(H,16,17)/t8-/m0/s1. The van der Waals surface area contributed by atoms with E-state index >= 15 is 0 Å². The van der Waals surface area contributed by atoms with Crippen molar-refractivity contribution in [1.82, 2.24) is 4.72 Å². The number of amides is 1. The van der Waals surface area contributed by atoms with Crippen LogP contribution in [0.1, 0.15) is 12.0 Å². The first-order valence-electron chi connectivity index (χ1n) is 5.43. The van der Waals surface area contributed by atoms with Crippen molar-refractivity contribution in [2.45, 2.75) is 24.3 Å². The molecular weight excluding hydrogens is 291 g/mol. The Bertz CT molecular complexity index is 644. The number of halogens is 1. The first-order chi connectivity index (χ1) is 9.13. The van der Waals surface area contributed by atoms with Crippen LogP contribution in [0.4, 0.5) is 4.39 Å². The van der Waals surface area contributed by atoms with Gasteiger partial charge in [-0.2, -0.15) is 4.72 Å². The average Bonchev–Trinajstić information content (AvgIpc) is 2.30. The van der Waals surface area contributed by atoms with Gasteiger partial charge in [0.15, 0.2) is 0 Å². The van der Waals surface area contributed by atoms with Crippen LogP contribution >= 0.6 is 0 Å². The van der Waals surface area contributed by atoms with Gasteiger partial charge in [0.1, 0.15) is 11.9 Å². The number of aryl methyl sites for hydroxylation is 1. The molecule has 0 aliphatic heterocycles. The lowest BCUT2D eigenvalue weighted by Crippen LogP contribution is -2.43. The topological polar surface area (TPSA) is 127 Å². The Morgan fingerprint density at radius 1 is 1.45 bits per heavy atom. The van der Waals surface area contributed by atoms with Crippen molar-refractivity contribution in [3.63, 3.8) is 0 Å². The zero-order chi connectivity index (χ0) is 15.5. The molecule has 0 fully saturated rings. The summed E-state index contributed by atoms with van der Waals surface area (Å²) in [6, 6.07) is 1.38. The van der Waals surface area contributed by atoms with Crippen LogP contribution in [0.3, 0.4) is 0 Å². The van der Waals surface area contributed by atoms with E-state index in [1.165, 1.54) is 13.0 Å². The molecule has 4 N–H and O–H groups in total. The lowest BCUT2D eigenvalue weighted by Gasteiger charge is -2.14. The van der Waals surface area contributed by atoms with Crippen LogP contribution in [0.2, 0.25) is 0 Å². The first-order valence-corrected chi connectivity index (χ1v) is 6.91. The number of sulfonamides is 1. The Morgan fingerprint density at radius 2 is 2.05 bits per heavy atom. The summed E-state index contributed by atoms with van der Waals surface area (Å²) in [5, 5.41) is 8.85. The molecule has 0 unspecified atom stereocenters. The summed E-state index contributed by atoms with van der Waals surface area (Å²) in [5.41, 5.74) is 5.08. The predicted octanol–water partition coefficient (Wildman–Crippen LogP) is -0.259. The van der Waals surface area contributed by atoms with E-state index in [9.17, 15) is 22.4 Å². The van der Waals surface area contributed by atoms with Gasteiger partial charge in [0.05, 0.1) is 11.3 Å². The minimum absolute atomic E-state index is 0.238. The second-order valence-corrected chi connectivity index (χ2v) is 5.77. The summed E-state index contributed by atoms with van der Waals surface area (Å²) in [7, 11) is -4.28. The van der Waals surface area contributed by atoms with Gasteiger partial charge in [-0.05, 0) is 24.6 Å². The number of nitrogens with two attached hydrogens (primary N) is 1. The number of hydrogen-bond donors (Lipinski definition) is 3. The highest BCUT2D eigenvalue weighted by Crippen LogP contribution is 2.17. The summed E-state index contributed by atoms with van der Waals surface area (Å²) in [4.78, 5) is 21.2. The maximum atomic E-state index is 13.1. The Balaban J connectivity index is 3.12. The van der Waals surface area contributed by atoms with Gasteiger partial charge in [-0.3, -0.25) is 9.59 Å². The second kappa shape index (κ2) is 5.97. The van der Waals surface area contributed by atoms with E-state index < -0.39 is 45.1 Å². The summed E-state index contributed by atoms with van der Waals surface area (Å²) in [6.07, 6.45) is -0.705. The van der Waals surface area contributed by atoms with Crippen LogP contribution < -0.4 is 10.5 Å². The number of rotatable bonds is 6. The maximum Gasteiger partial charge on any atom is 0.322 e. The van der Waals surface area contributed by atoms with Gasteiger partial charge in [-0.25, -0.2) is 12.8 Å². The van der Waals surface area contributed by atoms with E-state index in [0.29, 0.717) is 0 Å². The lowest BCUT2D eigenvalue weighted by molar-refractivity contribution is -0.140. The van der Waals surface area contributed by atoms with Gasteiger partial charge in [0.2, 0.25) is 15.9 Å². The molecule has 1 amide bonds. The number of benzene rings is 1. The molecule has 0 saturated heterocycles. The fourth-order valence-electron chi connectivity index (χ4n) is 1.49. The second-order valence-electron chi connectivity index (χ2n) is 4.09. The highest BCUT2D eigenvalue weighted by Gasteiger charge is 2.28. The average molecular weight is 304 g/mol. The van der Waals surface area contributed by atoms with Crippen LogP contribution in [0.15, 0.2) is 23.1 Å². The van der Waals surface area contributed by atoms with Crippen LogP contribution in [-0.4, -0.2) is 31.4 Å². The molecule has 20 heavy (non-hydrogen) atoms. The Labute approximate surface area is 114 Å². The van der Waals surface area contributed by atoms with Gasteiger partial charge in [0, 0.05) is 0 Å². The van der Waals surface area contributed by atoms with E-state index in [-0.39, 0.29) is 5.56 Å². The fourth-order valence-corrected chi connectivity index (χ4v) is 2.94. The van der Waals surface area contributed by atoms with Crippen LogP contribution in [0.5, 0.6) is 0 Å². The van der Waals surface area contributed by atoms with Crippen molar-refractivity contribution in [3.8, 4) is 0 Å². The van der Waals surface area contributed by atoms with Crippen molar-refractivity contribution in [2.75, 3.05) is 0 Å². The zero-order valence-electron chi connectivity index (χ0n) is 10.5. The molecule has 0 radical (unpaired) electrons. The van der Waals surface area contributed by atoms with Gasteiger partial charge >= 0.3 is 5.97 Å². The first kappa shape index (κ1) is 16.1. The van der Waals surface area contributed by atoms with Gasteiger partial charge in [0.25, 0.3) is 0 Å². The van der Waals surface area contributed by atoms with Crippen molar-refractivity contribution < 1.29 is 27.5 Å². The minimum atomic E-state index is -4.28. The predicted molar refractivity (Wildman–Crippen MR) is 66.7 cm³/mol. The van der Waals surface area contributed by atoms with Crippen molar-refractivity contribution >= 4 is 21.9 Å². The molecule has 9 heteroatoms. The quantitative estimate of drug-likeness (QED) is 0.667. The number of nitrogens with one attached hydrogen (secondary N) is 1. The molecule has 7 nitrogen and oxygen atoms in total. The molecule has 0 saturated carbocycles. The third kappa shape index (κ3) is 4.00. The Hall–Kier alpha value is -2.00. The van der Waals surface area contributed by atoms with Crippen LogP contribution in [-0.2, 0) is 19.6 Å². The van der Waals surface area contributed by atoms with Crippen LogP contribution in [0, 0.1) is 12.7 Å². The van der Waals surface area contributed by atoms with E-state index in [1.807, 2.05) is 4.72 Å². The summed E-state index contributed by atoms with van der Waals surface area (Å²) in [6.45, 7) is 1.43. The van der Waals surface area contributed by atoms with E-state index in [2.05, 4.69) is 0 Å². The summed E-state index contributed by atoms with van der Waals surface area (Å²) < 4.78 is 38.9. The molecule has 1 aromatic rings. The largest absolute Gasteiger partial charge is 0.480 e. The van der Waals surface area contributed by atoms with Gasteiger partial charge in [-0.15, -0.1) is 0 Å². The van der Waals surface area contributed by atoms with E-state index in [1.54, 1.807) is 0 Å². The molecule has 0 bridgehead atoms. The Kier molecular flexibility index (Phi) is 4.79. The monoisotopic (exact) mass is 304 g/mol. The number of primary amides is 1. The molecule has 0 aliphatic carbocycles. The van der Waals surface area contributed by atoms with E-state index in [4.69, 9.17) is 10.8 Å². The molecule has 0 aliphatic rings. The van der Waals surface area contributed by atoms with Crippen LogP contribution in [0.25, 0.3) is 0 Å². The van der Waals surface area contributed by atoms with Crippen molar-refractivity contribution in [3.05, 3.63) is 29.6 Å². The third-order valence-electron chi connectivity index (χ3n) is 2.44. The molecular formula is C11H13FN2O5S.